The molecule has 152 valence electrons. The van der Waals surface area contributed by atoms with Gasteiger partial charge in [-0.2, -0.15) is 0 Å². The van der Waals surface area contributed by atoms with Gasteiger partial charge in [0.1, 0.15) is 4.83 Å². The minimum atomic E-state index is -0.0772. The Labute approximate surface area is 168 Å². The second-order valence-corrected chi connectivity index (χ2v) is 8.60. The van der Waals surface area contributed by atoms with Crippen molar-refractivity contribution in [3.8, 4) is 0 Å². The predicted octanol–water partition coefficient (Wildman–Crippen LogP) is 0.697. The summed E-state index contributed by atoms with van der Waals surface area (Å²) in [4.78, 5) is 48.8. The third-order valence-corrected chi connectivity index (χ3v) is 6.42. The monoisotopic (exact) mass is 405 g/mol. The number of aryl methyl sites for hydroxylation is 3. The highest BCUT2D eigenvalue weighted by atomic mass is 32.1. The van der Waals surface area contributed by atoms with Crippen molar-refractivity contribution in [1.29, 1.82) is 0 Å². The fraction of sp³-hybridized carbons (Fsp3) is 0.579. The highest BCUT2D eigenvalue weighted by molar-refractivity contribution is 7.18. The van der Waals surface area contributed by atoms with E-state index in [9.17, 15) is 14.4 Å². The van der Waals surface area contributed by atoms with E-state index < -0.39 is 0 Å². The summed E-state index contributed by atoms with van der Waals surface area (Å²) in [5.41, 5.74) is 0.897. The van der Waals surface area contributed by atoms with Crippen molar-refractivity contribution in [1.82, 2.24) is 24.3 Å². The maximum Gasteiger partial charge on any atom is 0.262 e. The first-order valence-corrected chi connectivity index (χ1v) is 10.2. The zero-order valence-electron chi connectivity index (χ0n) is 16.9. The molecular weight excluding hydrogens is 378 g/mol. The number of rotatable bonds is 5. The van der Waals surface area contributed by atoms with E-state index in [4.69, 9.17) is 0 Å². The van der Waals surface area contributed by atoms with Gasteiger partial charge in [0.2, 0.25) is 11.8 Å². The summed E-state index contributed by atoms with van der Waals surface area (Å²) in [7, 11) is 3.49. The van der Waals surface area contributed by atoms with E-state index in [0.717, 1.165) is 15.3 Å². The fourth-order valence-electron chi connectivity index (χ4n) is 3.29. The Morgan fingerprint density at radius 1 is 1.18 bits per heavy atom. The lowest BCUT2D eigenvalue weighted by Crippen LogP contribution is -2.51. The van der Waals surface area contributed by atoms with Gasteiger partial charge in [-0.05, 0) is 19.4 Å². The van der Waals surface area contributed by atoms with Crippen LogP contribution in [0.15, 0.2) is 11.1 Å². The molecule has 2 aromatic rings. The molecule has 3 heterocycles. The van der Waals surface area contributed by atoms with Crippen LogP contribution in [0.2, 0.25) is 0 Å². The standard InChI is InChI=1S/C19H27N5O3S/c1-13-14(2)28-18-17(13)19(27)24(12-20-18)6-5-15(25)23-9-7-22(8-10-23)11-16(26)21(3)4/h12H,5-11H2,1-4H3. The first-order chi connectivity index (χ1) is 13.3. The molecule has 0 aliphatic carbocycles. The second-order valence-electron chi connectivity index (χ2n) is 7.40. The van der Waals surface area contributed by atoms with Crippen molar-refractivity contribution in [2.45, 2.75) is 26.8 Å². The summed E-state index contributed by atoms with van der Waals surface area (Å²) in [6, 6.07) is 0. The van der Waals surface area contributed by atoms with Crippen molar-refractivity contribution >= 4 is 33.4 Å². The quantitative estimate of drug-likeness (QED) is 0.732. The number of piperazine rings is 1. The summed E-state index contributed by atoms with van der Waals surface area (Å²) < 4.78 is 1.53. The minimum Gasteiger partial charge on any atom is -0.348 e. The number of amides is 2. The third kappa shape index (κ3) is 4.25. The number of thiophene rings is 1. The molecule has 2 amide bonds. The lowest BCUT2D eigenvalue weighted by atomic mass is 10.2. The Morgan fingerprint density at radius 3 is 2.50 bits per heavy atom. The van der Waals surface area contributed by atoms with E-state index >= 15 is 0 Å². The van der Waals surface area contributed by atoms with Gasteiger partial charge in [0, 0.05) is 58.1 Å². The molecule has 3 rings (SSSR count). The molecule has 0 bridgehead atoms. The molecule has 0 unspecified atom stereocenters. The maximum atomic E-state index is 12.7. The summed E-state index contributed by atoms with van der Waals surface area (Å²) in [5.74, 6) is 0.102. The molecule has 0 N–H and O–H groups in total. The number of hydrogen-bond donors (Lipinski definition) is 0. The maximum absolute atomic E-state index is 12.7. The van der Waals surface area contributed by atoms with Crippen LogP contribution in [0.4, 0.5) is 0 Å². The average molecular weight is 406 g/mol. The van der Waals surface area contributed by atoms with Crippen molar-refractivity contribution in [3.05, 3.63) is 27.1 Å². The number of hydrogen-bond acceptors (Lipinski definition) is 6. The van der Waals surface area contributed by atoms with Crippen LogP contribution in [0.25, 0.3) is 10.2 Å². The van der Waals surface area contributed by atoms with Crippen LogP contribution in [0.1, 0.15) is 16.9 Å². The van der Waals surface area contributed by atoms with Crippen LogP contribution in [-0.2, 0) is 16.1 Å². The van der Waals surface area contributed by atoms with E-state index in [-0.39, 0.29) is 23.8 Å². The number of aromatic nitrogens is 2. The Kier molecular flexibility index (Phi) is 6.14. The molecule has 1 fully saturated rings. The van der Waals surface area contributed by atoms with Crippen LogP contribution in [0, 0.1) is 13.8 Å². The Morgan fingerprint density at radius 2 is 1.86 bits per heavy atom. The smallest absolute Gasteiger partial charge is 0.262 e. The van der Waals surface area contributed by atoms with Gasteiger partial charge in [-0.1, -0.05) is 0 Å². The largest absolute Gasteiger partial charge is 0.348 e. The molecule has 1 saturated heterocycles. The van der Waals surface area contributed by atoms with Gasteiger partial charge >= 0.3 is 0 Å². The molecule has 1 aliphatic rings. The molecule has 0 atom stereocenters. The van der Waals surface area contributed by atoms with Crippen LogP contribution in [-0.4, -0.2) is 82.9 Å². The van der Waals surface area contributed by atoms with E-state index in [2.05, 4.69) is 9.88 Å². The molecule has 28 heavy (non-hydrogen) atoms. The summed E-state index contributed by atoms with van der Waals surface area (Å²) in [6.45, 7) is 7.22. The van der Waals surface area contributed by atoms with E-state index in [1.807, 2.05) is 18.7 Å². The molecule has 0 spiro atoms. The summed E-state index contributed by atoms with van der Waals surface area (Å²) in [5, 5.41) is 0.664. The number of carbonyl (C=O) groups is 2. The Balaban J connectivity index is 1.56. The van der Waals surface area contributed by atoms with Gasteiger partial charge in [-0.25, -0.2) is 4.98 Å². The van der Waals surface area contributed by atoms with Gasteiger partial charge < -0.3 is 9.80 Å². The second kappa shape index (κ2) is 8.40. The highest BCUT2D eigenvalue weighted by Crippen LogP contribution is 2.25. The van der Waals surface area contributed by atoms with Gasteiger partial charge in [0.15, 0.2) is 0 Å². The minimum absolute atomic E-state index is 0.0313. The van der Waals surface area contributed by atoms with Crippen molar-refractivity contribution < 1.29 is 9.59 Å². The molecule has 0 aromatic carbocycles. The van der Waals surface area contributed by atoms with Crippen LogP contribution >= 0.6 is 11.3 Å². The fourth-order valence-corrected chi connectivity index (χ4v) is 4.28. The average Bonchev–Trinajstić information content (AvgIpc) is 2.96. The Hall–Kier alpha value is -2.26. The lowest BCUT2D eigenvalue weighted by molar-refractivity contribution is -0.134. The van der Waals surface area contributed by atoms with Gasteiger partial charge in [-0.15, -0.1) is 11.3 Å². The normalized spacial score (nSPS) is 15.2. The molecule has 0 saturated carbocycles. The third-order valence-electron chi connectivity index (χ3n) is 5.31. The zero-order chi connectivity index (χ0) is 20.4. The van der Waals surface area contributed by atoms with Crippen LogP contribution in [0.3, 0.4) is 0 Å². The van der Waals surface area contributed by atoms with E-state index in [1.54, 1.807) is 19.0 Å². The predicted molar refractivity (Wildman–Crippen MR) is 110 cm³/mol. The number of fused-ring (bicyclic) bond motifs is 1. The van der Waals surface area contributed by atoms with Crippen LogP contribution in [0.5, 0.6) is 0 Å². The first-order valence-electron chi connectivity index (χ1n) is 9.43. The molecule has 8 nitrogen and oxygen atoms in total. The molecule has 1 aliphatic heterocycles. The summed E-state index contributed by atoms with van der Waals surface area (Å²) in [6.07, 6.45) is 1.81. The molecule has 2 aromatic heterocycles. The summed E-state index contributed by atoms with van der Waals surface area (Å²) >= 11 is 1.52. The zero-order valence-corrected chi connectivity index (χ0v) is 17.7. The van der Waals surface area contributed by atoms with Gasteiger partial charge in [0.05, 0.1) is 18.3 Å². The number of likely N-dealkylation sites (N-methyl/N-ethyl adjacent to an activating group) is 1. The van der Waals surface area contributed by atoms with Gasteiger partial charge in [-0.3, -0.25) is 23.9 Å². The lowest BCUT2D eigenvalue weighted by Gasteiger charge is -2.34. The van der Waals surface area contributed by atoms with E-state index in [0.29, 0.717) is 44.7 Å². The Bertz CT molecular complexity index is 941. The number of nitrogens with zero attached hydrogens (tertiary/aromatic N) is 5. The highest BCUT2D eigenvalue weighted by Gasteiger charge is 2.23. The number of carbonyl (C=O) groups excluding carboxylic acids is 2. The van der Waals surface area contributed by atoms with Crippen LogP contribution < -0.4 is 5.56 Å². The first kappa shape index (κ1) is 20.5. The topological polar surface area (TPSA) is 78.8 Å². The van der Waals surface area contributed by atoms with Crippen molar-refractivity contribution in [2.75, 3.05) is 46.8 Å². The van der Waals surface area contributed by atoms with Crippen molar-refractivity contribution in [2.24, 2.45) is 0 Å². The molecule has 9 heteroatoms. The van der Waals surface area contributed by atoms with Gasteiger partial charge in [0.25, 0.3) is 5.56 Å². The molecule has 0 radical (unpaired) electrons. The van der Waals surface area contributed by atoms with E-state index in [1.165, 1.54) is 22.2 Å². The SMILES string of the molecule is Cc1sc2ncn(CCC(=O)N3CCN(CC(=O)N(C)C)CC3)c(=O)c2c1C. The molecular formula is C19H27N5O3S. The van der Waals surface area contributed by atoms with Crippen molar-refractivity contribution in [3.63, 3.8) is 0 Å².